The van der Waals surface area contributed by atoms with Crippen LogP contribution >= 0.6 is 0 Å². The predicted molar refractivity (Wildman–Crippen MR) is 84.3 cm³/mol. The van der Waals surface area contributed by atoms with Crippen LogP contribution in [-0.2, 0) is 16.7 Å². The first-order valence-corrected chi connectivity index (χ1v) is 8.44. The summed E-state index contributed by atoms with van der Waals surface area (Å²) in [5.74, 6) is 0. The van der Waals surface area contributed by atoms with E-state index < -0.39 is 14.9 Å². The zero-order valence-corrected chi connectivity index (χ0v) is 13.2. The van der Waals surface area contributed by atoms with Gasteiger partial charge in [-0.1, -0.05) is 42.5 Å². The SMILES string of the molecule is CCN(Cc1ccccc1)C1=CC=CC(C)(S(=O)(=O)O)C1. The van der Waals surface area contributed by atoms with E-state index in [9.17, 15) is 13.0 Å². The van der Waals surface area contributed by atoms with Crippen LogP contribution in [0.3, 0.4) is 0 Å². The third-order valence-electron chi connectivity index (χ3n) is 3.86. The van der Waals surface area contributed by atoms with E-state index in [2.05, 4.69) is 4.90 Å². The summed E-state index contributed by atoms with van der Waals surface area (Å²) in [5.41, 5.74) is 2.09. The Morgan fingerprint density at radius 3 is 2.52 bits per heavy atom. The highest BCUT2D eigenvalue weighted by Crippen LogP contribution is 2.32. The predicted octanol–water partition coefficient (Wildman–Crippen LogP) is 3.00. The lowest BCUT2D eigenvalue weighted by Gasteiger charge is -2.33. The Morgan fingerprint density at radius 2 is 1.95 bits per heavy atom. The number of hydrogen-bond donors (Lipinski definition) is 1. The second-order valence-corrected chi connectivity index (χ2v) is 7.36. The zero-order valence-electron chi connectivity index (χ0n) is 12.4. The highest BCUT2D eigenvalue weighted by atomic mass is 32.2. The normalized spacial score (nSPS) is 22.0. The van der Waals surface area contributed by atoms with E-state index in [-0.39, 0.29) is 6.42 Å². The van der Waals surface area contributed by atoms with Gasteiger partial charge in [-0.05, 0) is 25.5 Å². The maximum Gasteiger partial charge on any atom is 0.274 e. The van der Waals surface area contributed by atoms with E-state index in [1.165, 1.54) is 5.56 Å². The van der Waals surface area contributed by atoms with Crippen molar-refractivity contribution in [1.29, 1.82) is 0 Å². The van der Waals surface area contributed by atoms with Crippen molar-refractivity contribution in [3.63, 3.8) is 0 Å². The molecule has 0 aliphatic heterocycles. The molecule has 1 atom stereocenters. The largest absolute Gasteiger partial charge is 0.371 e. The molecule has 0 spiro atoms. The molecule has 0 fully saturated rings. The molecule has 1 aromatic rings. The first kappa shape index (κ1) is 15.8. The van der Waals surface area contributed by atoms with Gasteiger partial charge in [0.1, 0.15) is 4.75 Å². The summed E-state index contributed by atoms with van der Waals surface area (Å²) in [4.78, 5) is 2.13. The fourth-order valence-electron chi connectivity index (χ4n) is 2.45. The highest BCUT2D eigenvalue weighted by molar-refractivity contribution is 7.87. The van der Waals surface area contributed by atoms with Crippen LogP contribution in [0, 0.1) is 0 Å². The molecule has 1 aromatic carbocycles. The molecule has 1 aliphatic rings. The summed E-state index contributed by atoms with van der Waals surface area (Å²) in [6.07, 6.45) is 5.45. The van der Waals surface area contributed by atoms with Crippen molar-refractivity contribution in [2.24, 2.45) is 0 Å². The van der Waals surface area contributed by atoms with Gasteiger partial charge in [0.15, 0.2) is 0 Å². The Kier molecular flexibility index (Phi) is 4.54. The van der Waals surface area contributed by atoms with Crippen LogP contribution in [-0.4, -0.2) is 29.2 Å². The lowest BCUT2D eigenvalue weighted by Crippen LogP contribution is -2.37. The van der Waals surface area contributed by atoms with Crippen molar-refractivity contribution in [2.45, 2.75) is 31.6 Å². The smallest absolute Gasteiger partial charge is 0.274 e. The molecule has 1 unspecified atom stereocenters. The Balaban J connectivity index is 2.20. The van der Waals surface area contributed by atoms with Crippen LogP contribution in [0.2, 0.25) is 0 Å². The zero-order chi connectivity index (χ0) is 15.5. The van der Waals surface area contributed by atoms with Crippen LogP contribution < -0.4 is 0 Å². The third-order valence-corrected chi connectivity index (χ3v) is 5.32. The molecule has 0 saturated carbocycles. The summed E-state index contributed by atoms with van der Waals surface area (Å²) < 4.78 is 31.4. The van der Waals surface area contributed by atoms with Gasteiger partial charge >= 0.3 is 0 Å². The van der Waals surface area contributed by atoms with E-state index in [1.807, 2.05) is 43.3 Å². The van der Waals surface area contributed by atoms with Gasteiger partial charge in [-0.3, -0.25) is 4.55 Å². The first-order chi connectivity index (χ1) is 9.86. The third kappa shape index (κ3) is 3.54. The minimum absolute atomic E-state index is 0.281. The Morgan fingerprint density at radius 1 is 1.29 bits per heavy atom. The van der Waals surface area contributed by atoms with E-state index in [0.717, 1.165) is 18.8 Å². The van der Waals surface area contributed by atoms with Crippen molar-refractivity contribution in [1.82, 2.24) is 4.90 Å². The molecule has 0 saturated heterocycles. The molecule has 0 amide bonds. The fraction of sp³-hybridized carbons (Fsp3) is 0.375. The summed E-state index contributed by atoms with van der Waals surface area (Å²) in [5, 5.41) is 0. The van der Waals surface area contributed by atoms with Gasteiger partial charge in [-0.2, -0.15) is 8.42 Å². The van der Waals surface area contributed by atoms with Gasteiger partial charge in [0.2, 0.25) is 0 Å². The van der Waals surface area contributed by atoms with Crippen LogP contribution in [0.4, 0.5) is 0 Å². The average Bonchev–Trinajstić information content (AvgIpc) is 2.45. The number of allylic oxidation sites excluding steroid dienone is 3. The number of hydrogen-bond acceptors (Lipinski definition) is 3. The molecule has 114 valence electrons. The molecule has 0 radical (unpaired) electrons. The van der Waals surface area contributed by atoms with E-state index in [4.69, 9.17) is 0 Å². The fourth-order valence-corrected chi connectivity index (χ4v) is 3.04. The molecule has 5 heteroatoms. The molecule has 21 heavy (non-hydrogen) atoms. The topological polar surface area (TPSA) is 57.6 Å². The van der Waals surface area contributed by atoms with Crippen molar-refractivity contribution in [3.8, 4) is 0 Å². The van der Waals surface area contributed by atoms with Gasteiger partial charge in [0.25, 0.3) is 10.1 Å². The maximum absolute atomic E-state index is 11.6. The molecule has 2 rings (SSSR count). The molecule has 1 aliphatic carbocycles. The van der Waals surface area contributed by atoms with Crippen molar-refractivity contribution in [3.05, 3.63) is 59.8 Å². The van der Waals surface area contributed by atoms with Gasteiger partial charge < -0.3 is 4.90 Å². The summed E-state index contributed by atoms with van der Waals surface area (Å²) >= 11 is 0. The Bertz CT molecular complexity index is 649. The van der Waals surface area contributed by atoms with Gasteiger partial charge in [0.05, 0.1) is 0 Å². The lowest BCUT2D eigenvalue weighted by molar-refractivity contribution is 0.330. The summed E-state index contributed by atoms with van der Waals surface area (Å²) in [7, 11) is -4.13. The first-order valence-electron chi connectivity index (χ1n) is 7.00. The molecule has 0 bridgehead atoms. The highest BCUT2D eigenvalue weighted by Gasteiger charge is 2.38. The van der Waals surface area contributed by atoms with Gasteiger partial charge in [-0.15, -0.1) is 0 Å². The van der Waals surface area contributed by atoms with Gasteiger partial charge in [-0.25, -0.2) is 0 Å². The Hall–Kier alpha value is -1.59. The molecule has 0 aromatic heterocycles. The standard InChI is InChI=1S/C16H21NO3S/c1-3-17(13-14-8-5-4-6-9-14)15-10-7-11-16(2,12-15)21(18,19)20/h4-11H,3,12-13H2,1-2H3,(H,18,19,20). The molecule has 0 heterocycles. The Labute approximate surface area is 126 Å². The van der Waals surface area contributed by atoms with Crippen LogP contribution in [0.1, 0.15) is 25.8 Å². The monoisotopic (exact) mass is 307 g/mol. The number of nitrogens with zero attached hydrogens (tertiary/aromatic N) is 1. The van der Waals surface area contributed by atoms with Crippen LogP contribution in [0.15, 0.2) is 54.3 Å². The quantitative estimate of drug-likeness (QED) is 0.850. The number of benzene rings is 1. The van der Waals surface area contributed by atoms with Gasteiger partial charge in [0, 0.05) is 25.2 Å². The number of rotatable bonds is 5. The average molecular weight is 307 g/mol. The minimum atomic E-state index is -4.13. The van der Waals surface area contributed by atoms with E-state index in [0.29, 0.717) is 0 Å². The van der Waals surface area contributed by atoms with Crippen molar-refractivity contribution < 1.29 is 13.0 Å². The van der Waals surface area contributed by atoms with E-state index >= 15 is 0 Å². The maximum atomic E-state index is 11.6. The van der Waals surface area contributed by atoms with Crippen LogP contribution in [0.25, 0.3) is 0 Å². The van der Waals surface area contributed by atoms with Crippen molar-refractivity contribution >= 4 is 10.1 Å². The molecule has 4 nitrogen and oxygen atoms in total. The minimum Gasteiger partial charge on any atom is -0.371 e. The second kappa shape index (κ2) is 6.03. The second-order valence-electron chi connectivity index (χ2n) is 5.48. The summed E-state index contributed by atoms with van der Waals surface area (Å²) in [6.45, 7) is 5.07. The van der Waals surface area contributed by atoms with Crippen molar-refractivity contribution in [2.75, 3.05) is 6.54 Å². The molecule has 1 N–H and O–H groups in total. The molecular formula is C16H21NO3S. The lowest BCUT2D eigenvalue weighted by atomic mass is 9.98. The summed E-state index contributed by atoms with van der Waals surface area (Å²) in [6, 6.07) is 10.0. The van der Waals surface area contributed by atoms with E-state index in [1.54, 1.807) is 19.1 Å². The molecular weight excluding hydrogens is 286 g/mol. The van der Waals surface area contributed by atoms with Crippen LogP contribution in [0.5, 0.6) is 0 Å².